The number of para-hydroxylation sites is 1. The van der Waals surface area contributed by atoms with Crippen molar-refractivity contribution in [2.45, 2.75) is 0 Å². The Labute approximate surface area is 115 Å². The fourth-order valence-electron chi connectivity index (χ4n) is 2.33. The van der Waals surface area contributed by atoms with Crippen molar-refractivity contribution in [1.82, 2.24) is 4.98 Å². The van der Waals surface area contributed by atoms with Crippen molar-refractivity contribution in [2.24, 2.45) is 0 Å². The highest BCUT2D eigenvalue weighted by atomic mass is 32.1. The maximum absolute atomic E-state index is 4.71. The largest absolute Gasteiger partial charge is 0.236 e. The second kappa shape index (κ2) is 4.18. The lowest BCUT2D eigenvalue weighted by Gasteiger charge is -1.85. The van der Waals surface area contributed by atoms with Crippen molar-refractivity contribution in [2.75, 3.05) is 0 Å². The van der Waals surface area contributed by atoms with Crippen molar-refractivity contribution in [3.63, 3.8) is 0 Å². The minimum Gasteiger partial charge on any atom is -0.236 e. The number of hydrogen-bond donors (Lipinski definition) is 0. The molecule has 19 heavy (non-hydrogen) atoms. The molecule has 1 nitrogen and oxygen atoms in total. The third kappa shape index (κ3) is 1.81. The van der Waals surface area contributed by atoms with Crippen LogP contribution in [0.25, 0.3) is 31.9 Å². The second-order valence-corrected chi connectivity index (χ2v) is 5.58. The first kappa shape index (κ1) is 10.7. The monoisotopic (exact) mass is 261 g/mol. The van der Waals surface area contributed by atoms with Crippen molar-refractivity contribution in [3.8, 4) is 21.7 Å². The molecule has 0 bridgehead atoms. The molecule has 0 saturated carbocycles. The maximum Gasteiger partial charge on any atom is 0.124 e. The van der Waals surface area contributed by atoms with Gasteiger partial charge >= 0.3 is 0 Å². The summed E-state index contributed by atoms with van der Waals surface area (Å²) in [5.41, 5.74) is 4.82. The molecule has 90 valence electrons. The van der Waals surface area contributed by atoms with Gasteiger partial charge in [-0.3, -0.25) is 0 Å². The van der Waals surface area contributed by atoms with E-state index in [2.05, 4.69) is 60.7 Å². The molecular weight excluding hydrogens is 250 g/mol. The van der Waals surface area contributed by atoms with E-state index in [1.165, 1.54) is 21.4 Å². The summed E-state index contributed by atoms with van der Waals surface area (Å²) in [5.74, 6) is 0. The Balaban J connectivity index is 1.92. The molecule has 2 aromatic rings. The standard InChI is InChI=1S/C17H11NS/c1-2-6-12-10-14(11-13(12)7-3-1)17-18-15-8-4-5-9-16(15)19-17/h1-11H. The summed E-state index contributed by atoms with van der Waals surface area (Å²) in [5, 5.41) is 1.10. The highest BCUT2D eigenvalue weighted by molar-refractivity contribution is 7.21. The summed E-state index contributed by atoms with van der Waals surface area (Å²) in [6.07, 6.45) is 0. The summed E-state index contributed by atoms with van der Waals surface area (Å²) < 4.78 is 1.24. The molecule has 2 aliphatic rings. The lowest BCUT2D eigenvalue weighted by atomic mass is 10.2. The Morgan fingerprint density at radius 1 is 0.684 bits per heavy atom. The zero-order valence-electron chi connectivity index (χ0n) is 10.2. The van der Waals surface area contributed by atoms with Crippen LogP contribution in [-0.4, -0.2) is 4.98 Å². The lowest BCUT2D eigenvalue weighted by Crippen LogP contribution is -1.69. The summed E-state index contributed by atoms with van der Waals surface area (Å²) in [6, 6.07) is 23.2. The first-order valence-electron chi connectivity index (χ1n) is 6.25. The van der Waals surface area contributed by atoms with Crippen molar-refractivity contribution in [3.05, 3.63) is 66.7 Å². The zero-order chi connectivity index (χ0) is 12.7. The van der Waals surface area contributed by atoms with Gasteiger partial charge in [-0.1, -0.05) is 42.5 Å². The SMILES string of the molecule is c1ccc2cc(-c3nc4ccccc4s3)cc-2cc1. The van der Waals surface area contributed by atoms with Crippen LogP contribution in [0.5, 0.6) is 0 Å². The van der Waals surface area contributed by atoms with Gasteiger partial charge in [-0.05, 0) is 35.4 Å². The first-order chi connectivity index (χ1) is 9.40. The van der Waals surface area contributed by atoms with E-state index < -0.39 is 0 Å². The lowest BCUT2D eigenvalue weighted by molar-refractivity contribution is 1.49. The molecule has 1 heterocycles. The van der Waals surface area contributed by atoms with Gasteiger partial charge in [-0.15, -0.1) is 11.3 Å². The highest BCUT2D eigenvalue weighted by Crippen LogP contribution is 2.35. The average molecular weight is 261 g/mol. The zero-order valence-corrected chi connectivity index (χ0v) is 11.0. The van der Waals surface area contributed by atoms with Crippen LogP contribution in [0.1, 0.15) is 0 Å². The minimum atomic E-state index is 1.08. The number of nitrogens with zero attached hydrogens (tertiary/aromatic N) is 1. The van der Waals surface area contributed by atoms with Crippen LogP contribution in [0.4, 0.5) is 0 Å². The quantitative estimate of drug-likeness (QED) is 0.466. The van der Waals surface area contributed by atoms with Crippen LogP contribution in [0.2, 0.25) is 0 Å². The van der Waals surface area contributed by atoms with Gasteiger partial charge < -0.3 is 0 Å². The minimum absolute atomic E-state index is 1.08. The molecule has 4 rings (SSSR count). The van der Waals surface area contributed by atoms with Crippen LogP contribution < -0.4 is 0 Å². The summed E-state index contributed by atoms with van der Waals surface area (Å²) in [4.78, 5) is 4.71. The number of aromatic nitrogens is 1. The molecule has 2 heteroatoms. The Morgan fingerprint density at radius 2 is 1.37 bits per heavy atom. The van der Waals surface area contributed by atoms with Crippen molar-refractivity contribution >= 4 is 21.6 Å². The summed E-state index contributed by atoms with van der Waals surface area (Å²) >= 11 is 1.75. The number of hydrogen-bond acceptors (Lipinski definition) is 2. The number of rotatable bonds is 1. The highest BCUT2D eigenvalue weighted by Gasteiger charge is 2.10. The molecule has 0 saturated heterocycles. The third-order valence-corrected chi connectivity index (χ3v) is 4.36. The molecule has 0 amide bonds. The predicted octanol–water partition coefficient (Wildman–Crippen LogP) is 5.07. The summed E-state index contributed by atoms with van der Waals surface area (Å²) in [7, 11) is 0. The topological polar surface area (TPSA) is 12.9 Å². The van der Waals surface area contributed by atoms with E-state index in [1.54, 1.807) is 11.3 Å². The van der Waals surface area contributed by atoms with Crippen LogP contribution in [0.15, 0.2) is 66.7 Å². The molecule has 1 aromatic heterocycles. The van der Waals surface area contributed by atoms with Gasteiger partial charge in [-0.25, -0.2) is 4.98 Å². The number of thiazole rings is 1. The fourth-order valence-corrected chi connectivity index (χ4v) is 3.29. The van der Waals surface area contributed by atoms with Crippen LogP contribution in [0, 0.1) is 0 Å². The average Bonchev–Trinajstić information content (AvgIpc) is 2.97. The molecule has 0 N–H and O–H groups in total. The van der Waals surface area contributed by atoms with Gasteiger partial charge in [0.05, 0.1) is 10.2 Å². The van der Waals surface area contributed by atoms with E-state index in [1.807, 2.05) is 6.07 Å². The van der Waals surface area contributed by atoms with Crippen LogP contribution >= 0.6 is 11.3 Å². The molecule has 0 atom stereocenters. The maximum atomic E-state index is 4.71. The van der Waals surface area contributed by atoms with E-state index in [4.69, 9.17) is 4.98 Å². The van der Waals surface area contributed by atoms with Gasteiger partial charge in [0.15, 0.2) is 0 Å². The van der Waals surface area contributed by atoms with E-state index >= 15 is 0 Å². The van der Waals surface area contributed by atoms with Crippen molar-refractivity contribution < 1.29 is 0 Å². The van der Waals surface area contributed by atoms with Gasteiger partial charge in [0.2, 0.25) is 0 Å². The molecule has 2 aliphatic carbocycles. The molecular formula is C17H11NS. The smallest absolute Gasteiger partial charge is 0.124 e. The van der Waals surface area contributed by atoms with Crippen LogP contribution in [-0.2, 0) is 0 Å². The van der Waals surface area contributed by atoms with E-state index in [0.717, 1.165) is 10.5 Å². The third-order valence-electron chi connectivity index (χ3n) is 3.27. The number of benzene rings is 1. The van der Waals surface area contributed by atoms with Crippen molar-refractivity contribution in [1.29, 1.82) is 0 Å². The van der Waals surface area contributed by atoms with E-state index in [0.29, 0.717) is 0 Å². The number of fused-ring (bicyclic) bond motifs is 2. The van der Waals surface area contributed by atoms with Gasteiger partial charge in [0, 0.05) is 5.56 Å². The Hall–Kier alpha value is -2.19. The molecule has 0 radical (unpaired) electrons. The van der Waals surface area contributed by atoms with E-state index in [9.17, 15) is 0 Å². The Kier molecular flexibility index (Phi) is 2.35. The Morgan fingerprint density at radius 3 is 2.11 bits per heavy atom. The second-order valence-electron chi connectivity index (χ2n) is 4.55. The summed E-state index contributed by atoms with van der Waals surface area (Å²) in [6.45, 7) is 0. The van der Waals surface area contributed by atoms with Gasteiger partial charge in [0.25, 0.3) is 0 Å². The van der Waals surface area contributed by atoms with Gasteiger partial charge in [-0.2, -0.15) is 0 Å². The molecule has 0 unspecified atom stereocenters. The molecule has 0 aliphatic heterocycles. The Bertz CT molecular complexity index is 768. The van der Waals surface area contributed by atoms with E-state index in [-0.39, 0.29) is 0 Å². The van der Waals surface area contributed by atoms with Crippen LogP contribution in [0.3, 0.4) is 0 Å². The fraction of sp³-hybridized carbons (Fsp3) is 0. The first-order valence-corrected chi connectivity index (χ1v) is 7.06. The van der Waals surface area contributed by atoms with Gasteiger partial charge in [0.1, 0.15) is 5.01 Å². The normalized spacial score (nSPS) is 11.2. The molecule has 0 fully saturated rings. The molecule has 1 aromatic carbocycles. The predicted molar refractivity (Wildman–Crippen MR) is 81.7 cm³/mol. The molecule has 0 spiro atoms.